The molecule has 2 aromatic rings. The van der Waals surface area contributed by atoms with Crippen LogP contribution in [0.4, 0.5) is 0 Å². The summed E-state index contributed by atoms with van der Waals surface area (Å²) >= 11 is 0. The Balaban J connectivity index is 1.42. The van der Waals surface area contributed by atoms with Crippen molar-refractivity contribution in [2.24, 2.45) is 0 Å². The molecule has 2 bridgehead atoms. The van der Waals surface area contributed by atoms with E-state index in [1.54, 1.807) is 20.1 Å². The van der Waals surface area contributed by atoms with E-state index < -0.39 is 5.63 Å². The summed E-state index contributed by atoms with van der Waals surface area (Å²) < 4.78 is 16.4. The van der Waals surface area contributed by atoms with Crippen molar-refractivity contribution in [1.29, 1.82) is 0 Å². The van der Waals surface area contributed by atoms with E-state index in [9.17, 15) is 9.59 Å². The predicted molar refractivity (Wildman–Crippen MR) is 104 cm³/mol. The van der Waals surface area contributed by atoms with Gasteiger partial charge in [-0.15, -0.1) is 0 Å². The maximum atomic E-state index is 12.6. The number of carbonyl (C=O) groups is 1. The van der Waals surface area contributed by atoms with E-state index in [4.69, 9.17) is 13.9 Å². The zero-order chi connectivity index (χ0) is 19.7. The van der Waals surface area contributed by atoms with Crippen molar-refractivity contribution >= 4 is 5.91 Å². The number of benzene rings is 1. The third-order valence-electron chi connectivity index (χ3n) is 5.67. The Labute approximate surface area is 163 Å². The van der Waals surface area contributed by atoms with E-state index in [-0.39, 0.29) is 29.7 Å². The van der Waals surface area contributed by atoms with E-state index >= 15 is 0 Å². The van der Waals surface area contributed by atoms with Gasteiger partial charge in [0.2, 0.25) is 0 Å². The molecular weight excluding hydrogens is 358 g/mol. The lowest BCUT2D eigenvalue weighted by atomic mass is 9.95. The minimum Gasteiger partial charge on any atom is -0.497 e. The molecule has 3 heterocycles. The van der Waals surface area contributed by atoms with Gasteiger partial charge in [0, 0.05) is 6.42 Å². The van der Waals surface area contributed by atoms with Crippen molar-refractivity contribution in [2.45, 2.75) is 57.3 Å². The molecule has 1 aromatic carbocycles. The van der Waals surface area contributed by atoms with Crippen molar-refractivity contribution in [3.05, 3.63) is 63.2 Å². The molecule has 1 N–H and O–H groups in total. The molecule has 1 amide bonds. The van der Waals surface area contributed by atoms with Crippen LogP contribution in [0.3, 0.4) is 0 Å². The van der Waals surface area contributed by atoms with Crippen molar-refractivity contribution in [3.8, 4) is 5.75 Å². The fraction of sp³-hybridized carbons (Fsp3) is 0.455. The number of aryl methyl sites for hydroxylation is 3. The van der Waals surface area contributed by atoms with Crippen LogP contribution in [0, 0.1) is 6.92 Å². The first-order valence-electron chi connectivity index (χ1n) is 9.76. The predicted octanol–water partition coefficient (Wildman–Crippen LogP) is 2.79. The summed E-state index contributed by atoms with van der Waals surface area (Å²) in [6.45, 7) is 1.78. The second-order valence-electron chi connectivity index (χ2n) is 7.60. The summed E-state index contributed by atoms with van der Waals surface area (Å²) in [4.78, 5) is 25.1. The van der Waals surface area contributed by atoms with Crippen LogP contribution in [0.25, 0.3) is 0 Å². The highest BCUT2D eigenvalue weighted by molar-refractivity contribution is 5.95. The van der Waals surface area contributed by atoms with Crippen LogP contribution in [0.15, 0.2) is 39.5 Å². The minimum atomic E-state index is -0.577. The zero-order valence-corrected chi connectivity index (χ0v) is 16.2. The minimum absolute atomic E-state index is 0.0141. The largest absolute Gasteiger partial charge is 0.497 e. The number of ether oxygens (including phenoxy) is 2. The third kappa shape index (κ3) is 3.83. The van der Waals surface area contributed by atoms with E-state index in [1.165, 1.54) is 0 Å². The quantitative estimate of drug-likeness (QED) is 0.830. The van der Waals surface area contributed by atoms with Crippen LogP contribution in [0.2, 0.25) is 0 Å². The number of hydrogen-bond donors (Lipinski definition) is 1. The van der Waals surface area contributed by atoms with Gasteiger partial charge in [-0.3, -0.25) is 4.79 Å². The van der Waals surface area contributed by atoms with Crippen molar-refractivity contribution in [1.82, 2.24) is 5.32 Å². The van der Waals surface area contributed by atoms with Gasteiger partial charge in [-0.2, -0.15) is 0 Å². The maximum Gasteiger partial charge on any atom is 0.349 e. The Morgan fingerprint density at radius 1 is 1.21 bits per heavy atom. The smallest absolute Gasteiger partial charge is 0.349 e. The molecule has 0 radical (unpaired) electrons. The third-order valence-corrected chi connectivity index (χ3v) is 5.67. The molecule has 0 aliphatic carbocycles. The van der Waals surface area contributed by atoms with Crippen LogP contribution in [0.5, 0.6) is 5.75 Å². The lowest BCUT2D eigenvalue weighted by Crippen LogP contribution is -2.43. The average molecular weight is 383 g/mol. The molecule has 4 rings (SSSR count). The fourth-order valence-electron chi connectivity index (χ4n) is 4.16. The molecule has 6 nitrogen and oxygen atoms in total. The molecule has 6 heteroatoms. The highest BCUT2D eigenvalue weighted by Crippen LogP contribution is 2.34. The summed E-state index contributed by atoms with van der Waals surface area (Å²) in [6, 6.07) is 9.57. The molecule has 3 atom stereocenters. The topological polar surface area (TPSA) is 77.8 Å². The van der Waals surface area contributed by atoms with Crippen molar-refractivity contribution in [2.75, 3.05) is 7.11 Å². The lowest BCUT2D eigenvalue weighted by molar-refractivity contribution is 0.0837. The Morgan fingerprint density at radius 2 is 2.00 bits per heavy atom. The number of rotatable bonds is 6. The van der Waals surface area contributed by atoms with Crippen LogP contribution >= 0.6 is 0 Å². The molecule has 2 saturated heterocycles. The maximum absolute atomic E-state index is 12.6. The van der Waals surface area contributed by atoms with Crippen LogP contribution in [0.1, 0.15) is 46.5 Å². The summed E-state index contributed by atoms with van der Waals surface area (Å²) in [5, 5.41) is 2.96. The summed E-state index contributed by atoms with van der Waals surface area (Å²) in [7, 11) is 1.63. The molecule has 2 fully saturated rings. The van der Waals surface area contributed by atoms with Crippen LogP contribution in [-0.4, -0.2) is 31.3 Å². The van der Waals surface area contributed by atoms with E-state index in [0.717, 1.165) is 37.0 Å². The van der Waals surface area contributed by atoms with Gasteiger partial charge in [-0.25, -0.2) is 4.79 Å². The van der Waals surface area contributed by atoms with E-state index in [1.807, 2.05) is 24.3 Å². The number of amides is 1. The molecule has 2 aliphatic rings. The zero-order valence-electron chi connectivity index (χ0n) is 16.2. The Bertz CT molecular complexity index is 918. The Morgan fingerprint density at radius 3 is 2.61 bits per heavy atom. The first kappa shape index (κ1) is 18.7. The number of methoxy groups -OCH3 is 1. The first-order chi connectivity index (χ1) is 13.5. The number of carbonyl (C=O) groups excluding carboxylic acids is 1. The van der Waals surface area contributed by atoms with Crippen molar-refractivity contribution in [3.63, 3.8) is 0 Å². The first-order valence-corrected chi connectivity index (χ1v) is 9.76. The summed E-state index contributed by atoms with van der Waals surface area (Å²) in [6.07, 6.45) is 4.48. The molecule has 0 saturated carbocycles. The molecule has 28 heavy (non-hydrogen) atoms. The monoisotopic (exact) mass is 383 g/mol. The van der Waals surface area contributed by atoms with E-state index in [2.05, 4.69) is 5.32 Å². The Kier molecular flexibility index (Phi) is 5.22. The Hall–Kier alpha value is -2.60. The second-order valence-corrected chi connectivity index (χ2v) is 7.60. The van der Waals surface area contributed by atoms with Gasteiger partial charge in [0.1, 0.15) is 17.1 Å². The highest BCUT2D eigenvalue weighted by Gasteiger charge is 2.41. The van der Waals surface area contributed by atoms with E-state index in [0.29, 0.717) is 17.7 Å². The van der Waals surface area contributed by atoms with Crippen LogP contribution < -0.4 is 15.7 Å². The van der Waals surface area contributed by atoms with Crippen molar-refractivity contribution < 1.29 is 18.7 Å². The average Bonchev–Trinajstić information content (AvgIpc) is 3.29. The molecule has 2 aliphatic heterocycles. The second kappa shape index (κ2) is 7.80. The highest BCUT2D eigenvalue weighted by atomic mass is 16.5. The normalized spacial score (nSPS) is 23.0. The molecule has 148 valence electrons. The van der Waals surface area contributed by atoms with Gasteiger partial charge in [-0.1, -0.05) is 12.1 Å². The van der Waals surface area contributed by atoms with Crippen LogP contribution in [-0.2, 0) is 17.6 Å². The van der Waals surface area contributed by atoms with Gasteiger partial charge < -0.3 is 19.2 Å². The standard InChI is InChI=1S/C22H25NO5/c1-13-11-16(8-5-14-3-6-15(26-2)7-4-14)28-22(25)20(13)21(24)23-18-12-17-9-10-19(18)27-17/h3-4,6-7,11,17-19H,5,8-10,12H2,1-2H3,(H,23,24)/t17-,18+,19+/m0/s1. The SMILES string of the molecule is COc1ccc(CCc2cc(C)c(C(=O)N[C@@H]3C[C@@H]4CC[C@H]3O4)c(=O)o2)cc1. The van der Waals surface area contributed by atoms with Gasteiger partial charge in [-0.05, 0) is 61.9 Å². The molecular formula is C22H25NO5. The molecule has 0 unspecified atom stereocenters. The number of hydrogen-bond acceptors (Lipinski definition) is 5. The molecule has 0 spiro atoms. The van der Waals surface area contributed by atoms with Gasteiger partial charge in [0.05, 0.1) is 25.4 Å². The lowest BCUT2D eigenvalue weighted by Gasteiger charge is -2.20. The summed E-state index contributed by atoms with van der Waals surface area (Å²) in [5.41, 5.74) is 1.28. The fourth-order valence-corrected chi connectivity index (χ4v) is 4.16. The van der Waals surface area contributed by atoms with Gasteiger partial charge >= 0.3 is 5.63 Å². The number of nitrogens with one attached hydrogen (secondary N) is 1. The van der Waals surface area contributed by atoms with Gasteiger partial charge in [0.25, 0.3) is 5.91 Å². The van der Waals surface area contributed by atoms with Gasteiger partial charge in [0.15, 0.2) is 0 Å². The summed E-state index contributed by atoms with van der Waals surface area (Å²) in [5.74, 6) is 1.02. The number of fused-ring (bicyclic) bond motifs is 2. The molecule has 1 aromatic heterocycles.